The van der Waals surface area contributed by atoms with Crippen molar-refractivity contribution in [3.05, 3.63) is 35.9 Å². The summed E-state index contributed by atoms with van der Waals surface area (Å²) in [6.45, 7) is 4.43. The van der Waals surface area contributed by atoms with Gasteiger partial charge in [0.1, 0.15) is 0 Å². The lowest BCUT2D eigenvalue weighted by atomic mass is 9.77. The van der Waals surface area contributed by atoms with Gasteiger partial charge in [-0.1, -0.05) is 44.2 Å². The smallest absolute Gasteiger partial charge is 0.0696 e. The van der Waals surface area contributed by atoms with Crippen molar-refractivity contribution in [1.82, 2.24) is 0 Å². The topological polar surface area (TPSA) is 23.8 Å². The van der Waals surface area contributed by atoms with Gasteiger partial charge in [-0.25, -0.2) is 0 Å². The van der Waals surface area contributed by atoms with Crippen molar-refractivity contribution in [2.45, 2.75) is 32.6 Å². The summed E-state index contributed by atoms with van der Waals surface area (Å²) in [5.41, 5.74) is 1.27. The summed E-state index contributed by atoms with van der Waals surface area (Å²) >= 11 is 0. The summed E-state index contributed by atoms with van der Waals surface area (Å²) in [5.74, 6) is 0.943. The van der Waals surface area contributed by atoms with E-state index in [1.807, 2.05) is 6.07 Å². The summed E-state index contributed by atoms with van der Waals surface area (Å²) in [7, 11) is 0. The molecule has 15 heavy (non-hydrogen) atoms. The number of hydrogen-bond donors (Lipinski definition) is 0. The van der Waals surface area contributed by atoms with Gasteiger partial charge in [-0.15, -0.1) is 0 Å². The van der Waals surface area contributed by atoms with Crippen molar-refractivity contribution in [3.63, 3.8) is 0 Å². The predicted molar refractivity (Wildman–Crippen MR) is 61.3 cm³/mol. The molecule has 0 amide bonds. The molecule has 1 saturated carbocycles. The van der Waals surface area contributed by atoms with E-state index in [0.29, 0.717) is 11.8 Å². The average Bonchev–Trinajstić information content (AvgIpc) is 3.00. The fraction of sp³-hybridized carbons (Fsp3) is 0.500. The highest BCUT2D eigenvalue weighted by molar-refractivity contribution is 5.30. The molecule has 1 aliphatic rings. The molecule has 1 aliphatic carbocycles. The molecule has 0 radical (unpaired) electrons. The van der Waals surface area contributed by atoms with E-state index < -0.39 is 0 Å². The van der Waals surface area contributed by atoms with Gasteiger partial charge in [0.25, 0.3) is 0 Å². The zero-order valence-corrected chi connectivity index (χ0v) is 9.40. The highest BCUT2D eigenvalue weighted by Crippen LogP contribution is 2.58. The molecule has 1 aromatic rings. The van der Waals surface area contributed by atoms with Crippen LogP contribution in [-0.4, -0.2) is 0 Å². The van der Waals surface area contributed by atoms with Crippen LogP contribution in [0.25, 0.3) is 0 Å². The second-order valence-corrected chi connectivity index (χ2v) is 4.90. The summed E-state index contributed by atoms with van der Waals surface area (Å²) < 4.78 is 0. The number of benzene rings is 1. The zero-order chi connectivity index (χ0) is 10.9. The van der Waals surface area contributed by atoms with Crippen LogP contribution in [0.3, 0.4) is 0 Å². The van der Waals surface area contributed by atoms with Crippen LogP contribution < -0.4 is 0 Å². The van der Waals surface area contributed by atoms with E-state index >= 15 is 0 Å². The van der Waals surface area contributed by atoms with Crippen LogP contribution in [0.5, 0.6) is 0 Å². The van der Waals surface area contributed by atoms with Gasteiger partial charge in [0.05, 0.1) is 11.5 Å². The summed E-state index contributed by atoms with van der Waals surface area (Å²) in [6.07, 6.45) is 2.14. The van der Waals surface area contributed by atoms with Crippen LogP contribution in [0, 0.1) is 22.7 Å². The minimum absolute atomic E-state index is 0.0600. The van der Waals surface area contributed by atoms with Crippen molar-refractivity contribution < 1.29 is 0 Å². The summed E-state index contributed by atoms with van der Waals surface area (Å²) in [4.78, 5) is 0. The van der Waals surface area contributed by atoms with Crippen LogP contribution in [-0.2, 0) is 0 Å². The van der Waals surface area contributed by atoms with Crippen molar-refractivity contribution in [2.75, 3.05) is 0 Å². The maximum Gasteiger partial charge on any atom is 0.0696 e. The quantitative estimate of drug-likeness (QED) is 0.727. The predicted octanol–water partition coefficient (Wildman–Crippen LogP) is 3.73. The van der Waals surface area contributed by atoms with E-state index in [0.717, 1.165) is 12.8 Å². The Balaban J connectivity index is 2.34. The van der Waals surface area contributed by atoms with Crippen LogP contribution in [0.4, 0.5) is 0 Å². The Morgan fingerprint density at radius 2 is 1.80 bits per heavy atom. The lowest BCUT2D eigenvalue weighted by molar-refractivity contribution is 0.387. The van der Waals surface area contributed by atoms with E-state index in [-0.39, 0.29) is 5.41 Å². The minimum Gasteiger partial charge on any atom is -0.198 e. The molecule has 1 unspecified atom stereocenters. The lowest BCUT2D eigenvalue weighted by Gasteiger charge is -2.25. The Morgan fingerprint density at radius 1 is 1.20 bits per heavy atom. The first-order chi connectivity index (χ1) is 7.19. The molecule has 2 rings (SSSR count). The lowest BCUT2D eigenvalue weighted by Crippen LogP contribution is -2.18. The molecule has 0 saturated heterocycles. The molecule has 0 spiro atoms. The number of nitriles is 1. The zero-order valence-electron chi connectivity index (χ0n) is 9.40. The number of hydrogen-bond acceptors (Lipinski definition) is 1. The Hall–Kier alpha value is -1.29. The molecule has 0 N–H and O–H groups in total. The van der Waals surface area contributed by atoms with Gasteiger partial charge >= 0.3 is 0 Å². The highest BCUT2D eigenvalue weighted by Gasteiger charge is 2.51. The molecule has 1 fully saturated rings. The van der Waals surface area contributed by atoms with Crippen molar-refractivity contribution >= 4 is 0 Å². The minimum atomic E-state index is -0.0600. The van der Waals surface area contributed by atoms with Gasteiger partial charge in [-0.3, -0.25) is 0 Å². The largest absolute Gasteiger partial charge is 0.198 e. The molecule has 0 heterocycles. The fourth-order valence-corrected chi connectivity index (χ4v) is 2.63. The maximum atomic E-state index is 9.29. The Bertz CT molecular complexity index is 368. The second-order valence-electron chi connectivity index (χ2n) is 4.90. The molecule has 1 atom stereocenters. The van der Waals surface area contributed by atoms with Crippen LogP contribution in [0.1, 0.15) is 38.2 Å². The van der Waals surface area contributed by atoms with E-state index in [9.17, 15) is 5.26 Å². The SMILES string of the molecule is CC(C)C(c1ccccc1)C1(C#N)CC1. The Kier molecular flexibility index (Phi) is 2.52. The van der Waals surface area contributed by atoms with E-state index in [1.165, 1.54) is 5.56 Å². The molecule has 78 valence electrons. The number of nitrogens with zero attached hydrogens (tertiary/aromatic N) is 1. The van der Waals surface area contributed by atoms with Crippen molar-refractivity contribution in [2.24, 2.45) is 11.3 Å². The first-order valence-electron chi connectivity index (χ1n) is 5.66. The highest BCUT2D eigenvalue weighted by atomic mass is 14.5. The Labute approximate surface area is 91.7 Å². The third kappa shape index (κ3) is 1.77. The third-order valence-electron chi connectivity index (χ3n) is 3.43. The van der Waals surface area contributed by atoms with Gasteiger partial charge in [0, 0.05) is 5.92 Å². The summed E-state index contributed by atoms with van der Waals surface area (Å²) in [5, 5.41) is 9.29. The van der Waals surface area contributed by atoms with Gasteiger partial charge in [-0.05, 0) is 24.3 Å². The van der Waals surface area contributed by atoms with Crippen LogP contribution in [0.15, 0.2) is 30.3 Å². The molecule has 0 aromatic heterocycles. The second kappa shape index (κ2) is 3.70. The standard InChI is InChI=1S/C14H17N/c1-11(2)13(14(10-15)8-9-14)12-6-4-3-5-7-12/h3-7,11,13H,8-9H2,1-2H3. The molecule has 1 nitrogen and oxygen atoms in total. The first kappa shape index (κ1) is 10.2. The first-order valence-corrected chi connectivity index (χ1v) is 5.66. The molecule has 0 bridgehead atoms. The van der Waals surface area contributed by atoms with Gasteiger partial charge in [0.15, 0.2) is 0 Å². The molecule has 1 heteroatoms. The van der Waals surface area contributed by atoms with E-state index in [4.69, 9.17) is 0 Å². The molecule has 0 aliphatic heterocycles. The fourth-order valence-electron chi connectivity index (χ4n) is 2.63. The number of rotatable bonds is 3. The normalized spacial score (nSPS) is 19.6. The monoisotopic (exact) mass is 199 g/mol. The maximum absolute atomic E-state index is 9.29. The van der Waals surface area contributed by atoms with Crippen LogP contribution in [0.2, 0.25) is 0 Å². The molecule has 1 aromatic carbocycles. The van der Waals surface area contributed by atoms with Crippen molar-refractivity contribution in [3.8, 4) is 6.07 Å². The van der Waals surface area contributed by atoms with Gasteiger partial charge in [-0.2, -0.15) is 5.26 Å². The van der Waals surface area contributed by atoms with E-state index in [1.54, 1.807) is 0 Å². The van der Waals surface area contributed by atoms with Gasteiger partial charge < -0.3 is 0 Å². The summed E-state index contributed by atoms with van der Waals surface area (Å²) in [6, 6.07) is 13.0. The average molecular weight is 199 g/mol. The van der Waals surface area contributed by atoms with Crippen LogP contribution >= 0.6 is 0 Å². The molecular weight excluding hydrogens is 182 g/mol. The molecular formula is C14H17N. The van der Waals surface area contributed by atoms with E-state index in [2.05, 4.69) is 44.2 Å². The van der Waals surface area contributed by atoms with Gasteiger partial charge in [0.2, 0.25) is 0 Å². The Morgan fingerprint density at radius 3 is 2.20 bits per heavy atom. The van der Waals surface area contributed by atoms with Crippen molar-refractivity contribution in [1.29, 1.82) is 5.26 Å². The third-order valence-corrected chi connectivity index (χ3v) is 3.43.